The number of Topliss-reactive ketones (excluding diaryl/α,β-unsaturated/α-hetero) is 1. The van der Waals surface area contributed by atoms with Crippen LogP contribution in [0.15, 0.2) is 30.5 Å². The Hall–Kier alpha value is -2.03. The van der Waals surface area contributed by atoms with Crippen molar-refractivity contribution in [3.8, 4) is 5.69 Å². The van der Waals surface area contributed by atoms with Crippen LogP contribution in [-0.4, -0.2) is 16.4 Å². The molecule has 0 bridgehead atoms. The number of aryl methyl sites for hydroxylation is 1. The minimum absolute atomic E-state index is 0.0323. The number of carbonyl (C=O) groups is 1. The van der Waals surface area contributed by atoms with Crippen molar-refractivity contribution >= 4 is 11.5 Å². The molecule has 4 rings (SSSR count). The number of hydrogen-bond acceptors (Lipinski definition) is 2. The Labute approximate surface area is 156 Å². The van der Waals surface area contributed by atoms with Crippen molar-refractivity contribution in [1.29, 1.82) is 0 Å². The fourth-order valence-corrected chi connectivity index (χ4v) is 4.74. The van der Waals surface area contributed by atoms with Gasteiger partial charge < -0.3 is 9.88 Å². The van der Waals surface area contributed by atoms with Crippen LogP contribution in [-0.2, 0) is 6.42 Å². The van der Waals surface area contributed by atoms with Gasteiger partial charge in [0.25, 0.3) is 0 Å². The van der Waals surface area contributed by atoms with Gasteiger partial charge in [-0.3, -0.25) is 4.79 Å². The molecule has 2 aromatic rings. The highest BCUT2D eigenvalue weighted by Crippen LogP contribution is 2.38. The first-order chi connectivity index (χ1) is 12.4. The summed E-state index contributed by atoms with van der Waals surface area (Å²) < 4.78 is 2.25. The normalized spacial score (nSPS) is 20.0. The van der Waals surface area contributed by atoms with Crippen LogP contribution in [0.5, 0.6) is 0 Å². The van der Waals surface area contributed by atoms with Crippen LogP contribution in [0.2, 0.25) is 0 Å². The molecular weight excluding hydrogens is 320 g/mol. The van der Waals surface area contributed by atoms with E-state index < -0.39 is 0 Å². The van der Waals surface area contributed by atoms with Crippen molar-refractivity contribution in [1.82, 2.24) is 4.57 Å². The van der Waals surface area contributed by atoms with Crippen LogP contribution < -0.4 is 5.32 Å². The molecule has 26 heavy (non-hydrogen) atoms. The summed E-state index contributed by atoms with van der Waals surface area (Å²) in [5, 5.41) is 3.72. The smallest absolute Gasteiger partial charge is 0.165 e. The van der Waals surface area contributed by atoms with Gasteiger partial charge in [-0.1, -0.05) is 39.2 Å². The van der Waals surface area contributed by atoms with Gasteiger partial charge in [0.15, 0.2) is 5.78 Å². The second kappa shape index (κ2) is 6.61. The number of carbonyl (C=O) groups excluding carboxylic acids is 1. The molecule has 1 aromatic carbocycles. The molecule has 0 atom stereocenters. The number of aromatic nitrogens is 1. The van der Waals surface area contributed by atoms with E-state index in [1.165, 1.54) is 43.5 Å². The third-order valence-electron chi connectivity index (χ3n) is 5.96. The van der Waals surface area contributed by atoms with Gasteiger partial charge in [-0.05, 0) is 55.4 Å². The number of hydrogen-bond donors (Lipinski definition) is 1. The maximum atomic E-state index is 12.7. The molecule has 0 unspecified atom stereocenters. The fourth-order valence-electron chi connectivity index (χ4n) is 4.74. The van der Waals surface area contributed by atoms with Crippen LogP contribution in [0.4, 0.5) is 5.69 Å². The van der Waals surface area contributed by atoms with E-state index >= 15 is 0 Å². The van der Waals surface area contributed by atoms with Crippen LogP contribution in [0, 0.1) is 12.3 Å². The highest BCUT2D eigenvalue weighted by molar-refractivity contribution is 6.00. The molecule has 1 aromatic heterocycles. The van der Waals surface area contributed by atoms with E-state index in [0.717, 1.165) is 23.2 Å². The van der Waals surface area contributed by atoms with Gasteiger partial charge in [0, 0.05) is 41.3 Å². The Balaban J connectivity index is 1.67. The Morgan fingerprint density at radius 3 is 2.65 bits per heavy atom. The summed E-state index contributed by atoms with van der Waals surface area (Å²) in [4.78, 5) is 12.7. The molecular formula is C23H30N2O. The van der Waals surface area contributed by atoms with Gasteiger partial charge in [-0.15, -0.1) is 0 Å². The number of fused-ring (bicyclic) bond motifs is 1. The summed E-state index contributed by atoms with van der Waals surface area (Å²) in [6, 6.07) is 9.27. The van der Waals surface area contributed by atoms with Crippen molar-refractivity contribution < 1.29 is 4.79 Å². The minimum atomic E-state index is 0.0323. The quantitative estimate of drug-likeness (QED) is 0.772. The standard InChI is InChI=1S/C23H30N2O/c1-16-15-25(20-13-23(2,3)14-21(26)22(16)20)19-11-7-10-18(12-19)24-17-8-5-4-6-9-17/h7,10-12,15,17,24H,4-6,8-9,13-14H2,1-3H3. The molecule has 3 nitrogen and oxygen atoms in total. The molecule has 2 aliphatic rings. The second-order valence-corrected chi connectivity index (χ2v) is 8.97. The molecule has 3 heteroatoms. The lowest BCUT2D eigenvalue weighted by atomic mass is 9.75. The maximum Gasteiger partial charge on any atom is 0.165 e. The van der Waals surface area contributed by atoms with Crippen LogP contribution in [0.3, 0.4) is 0 Å². The van der Waals surface area contributed by atoms with Crippen LogP contribution in [0.1, 0.15) is 74.0 Å². The zero-order valence-electron chi connectivity index (χ0n) is 16.3. The monoisotopic (exact) mass is 350 g/mol. The number of nitrogens with zero attached hydrogens (tertiary/aromatic N) is 1. The van der Waals surface area contributed by atoms with Gasteiger partial charge in [-0.2, -0.15) is 0 Å². The lowest BCUT2D eigenvalue weighted by molar-refractivity contribution is 0.0910. The van der Waals surface area contributed by atoms with Crippen molar-refractivity contribution in [2.75, 3.05) is 5.32 Å². The van der Waals surface area contributed by atoms with Crippen LogP contribution in [0.25, 0.3) is 5.69 Å². The third kappa shape index (κ3) is 3.32. The highest BCUT2D eigenvalue weighted by atomic mass is 16.1. The van der Waals surface area contributed by atoms with Gasteiger partial charge in [0.05, 0.1) is 0 Å². The molecule has 1 fully saturated rings. The van der Waals surface area contributed by atoms with Gasteiger partial charge >= 0.3 is 0 Å². The summed E-state index contributed by atoms with van der Waals surface area (Å²) >= 11 is 0. The Bertz CT molecular complexity index is 825. The zero-order valence-corrected chi connectivity index (χ0v) is 16.3. The van der Waals surface area contributed by atoms with E-state index in [4.69, 9.17) is 0 Å². The number of rotatable bonds is 3. The molecule has 1 N–H and O–H groups in total. The topological polar surface area (TPSA) is 34.0 Å². The summed E-state index contributed by atoms with van der Waals surface area (Å²) in [7, 11) is 0. The first-order valence-electron chi connectivity index (χ1n) is 10.0. The molecule has 0 aliphatic heterocycles. The predicted octanol–water partition coefficient (Wildman–Crippen LogP) is 5.69. The molecule has 0 amide bonds. The number of benzene rings is 1. The molecule has 138 valence electrons. The fraction of sp³-hybridized carbons (Fsp3) is 0.522. The van der Waals surface area contributed by atoms with Crippen molar-refractivity contribution in [3.63, 3.8) is 0 Å². The average molecular weight is 351 g/mol. The van der Waals surface area contributed by atoms with E-state index in [-0.39, 0.29) is 5.41 Å². The van der Waals surface area contributed by atoms with Gasteiger partial charge in [0.1, 0.15) is 0 Å². The van der Waals surface area contributed by atoms with Crippen LogP contribution >= 0.6 is 0 Å². The summed E-state index contributed by atoms with van der Waals surface area (Å²) in [6.45, 7) is 6.46. The van der Waals surface area contributed by atoms with Crippen molar-refractivity contribution in [2.24, 2.45) is 5.41 Å². The molecule has 1 heterocycles. The average Bonchev–Trinajstić information content (AvgIpc) is 2.91. The van der Waals surface area contributed by atoms with Crippen molar-refractivity contribution in [3.05, 3.63) is 47.3 Å². The third-order valence-corrected chi connectivity index (χ3v) is 5.96. The van der Waals surface area contributed by atoms with E-state index in [2.05, 4.69) is 61.1 Å². The maximum absolute atomic E-state index is 12.7. The first kappa shape index (κ1) is 17.4. The Morgan fingerprint density at radius 1 is 1.12 bits per heavy atom. The SMILES string of the molecule is Cc1cn(-c2cccc(NC3CCCCC3)c2)c2c1C(=O)CC(C)(C)C2. The number of nitrogens with one attached hydrogen (secondary N) is 1. The lowest BCUT2D eigenvalue weighted by Gasteiger charge is -2.30. The lowest BCUT2D eigenvalue weighted by Crippen LogP contribution is -2.28. The van der Waals surface area contributed by atoms with E-state index in [1.54, 1.807) is 0 Å². The van der Waals surface area contributed by atoms with E-state index in [1.807, 2.05) is 0 Å². The molecule has 0 spiro atoms. The van der Waals surface area contributed by atoms with Crippen molar-refractivity contribution in [2.45, 2.75) is 71.8 Å². The first-order valence-corrected chi connectivity index (χ1v) is 10.0. The van der Waals surface area contributed by atoms with Gasteiger partial charge in [0.2, 0.25) is 0 Å². The highest BCUT2D eigenvalue weighted by Gasteiger charge is 2.34. The van der Waals surface area contributed by atoms with E-state index in [0.29, 0.717) is 18.2 Å². The molecule has 0 saturated heterocycles. The van der Waals surface area contributed by atoms with Gasteiger partial charge in [-0.25, -0.2) is 0 Å². The summed E-state index contributed by atoms with van der Waals surface area (Å²) in [5.74, 6) is 0.295. The summed E-state index contributed by atoms with van der Waals surface area (Å²) in [6.07, 6.45) is 10.3. The minimum Gasteiger partial charge on any atom is -0.382 e. The summed E-state index contributed by atoms with van der Waals surface area (Å²) in [5.41, 5.74) is 5.61. The number of anilines is 1. The molecule has 2 aliphatic carbocycles. The Morgan fingerprint density at radius 2 is 1.88 bits per heavy atom. The second-order valence-electron chi connectivity index (χ2n) is 8.97. The van der Waals surface area contributed by atoms with E-state index in [9.17, 15) is 4.79 Å². The number of ketones is 1. The Kier molecular flexibility index (Phi) is 4.42. The molecule has 1 saturated carbocycles. The predicted molar refractivity (Wildman–Crippen MR) is 107 cm³/mol. The largest absolute Gasteiger partial charge is 0.382 e. The zero-order chi connectivity index (χ0) is 18.3. The molecule has 0 radical (unpaired) electrons.